The number of thiocarbonyl (C=S) groups is 1. The second-order valence-corrected chi connectivity index (χ2v) is 5.83. The topological polar surface area (TPSA) is 45.6 Å². The van der Waals surface area contributed by atoms with Gasteiger partial charge in [0.05, 0.1) is 29.1 Å². The number of ether oxygens (including phenoxy) is 1. The van der Waals surface area contributed by atoms with Gasteiger partial charge >= 0.3 is 6.18 Å². The Labute approximate surface area is 159 Å². The van der Waals surface area contributed by atoms with E-state index >= 15 is 0 Å². The van der Waals surface area contributed by atoms with E-state index in [9.17, 15) is 13.2 Å². The fourth-order valence-corrected chi connectivity index (χ4v) is 2.26. The summed E-state index contributed by atoms with van der Waals surface area (Å²) in [5.41, 5.74) is 2.52. The zero-order valence-corrected chi connectivity index (χ0v) is 15.2. The van der Waals surface area contributed by atoms with Gasteiger partial charge in [-0.3, -0.25) is 5.43 Å². The highest BCUT2D eigenvalue weighted by atomic mass is 35.5. The van der Waals surface area contributed by atoms with Gasteiger partial charge in [-0.25, -0.2) is 0 Å². The third-order valence-electron chi connectivity index (χ3n) is 3.11. The molecule has 0 fully saturated rings. The number of benzene rings is 2. The summed E-state index contributed by atoms with van der Waals surface area (Å²) >= 11 is 10.9. The van der Waals surface area contributed by atoms with E-state index in [2.05, 4.69) is 15.8 Å². The number of nitrogens with zero attached hydrogens (tertiary/aromatic N) is 1. The second kappa shape index (κ2) is 8.86. The number of hydrazone groups is 1. The molecule has 2 aromatic carbocycles. The monoisotopic (exact) mass is 401 g/mol. The number of anilines is 1. The lowest BCUT2D eigenvalue weighted by Crippen LogP contribution is -2.24. The third-order valence-corrected chi connectivity index (χ3v) is 3.64. The van der Waals surface area contributed by atoms with Gasteiger partial charge in [0, 0.05) is 0 Å². The van der Waals surface area contributed by atoms with Crippen LogP contribution in [0.15, 0.2) is 47.6 Å². The van der Waals surface area contributed by atoms with Crippen molar-refractivity contribution in [1.82, 2.24) is 5.43 Å². The SMILES string of the molecule is CCOc1ccc(/C=N\NC(=S)Nc2cc(C(F)(F)F)ccc2Cl)cc1. The van der Waals surface area contributed by atoms with Crippen LogP contribution < -0.4 is 15.5 Å². The molecule has 9 heteroatoms. The Bertz CT molecular complexity index is 795. The molecule has 2 aromatic rings. The van der Waals surface area contributed by atoms with Crippen LogP contribution in [0.25, 0.3) is 0 Å². The lowest BCUT2D eigenvalue weighted by Gasteiger charge is -2.12. The standard InChI is InChI=1S/C17H15ClF3N3OS/c1-2-25-13-6-3-11(4-7-13)10-22-24-16(26)23-15-9-12(17(19,20)21)5-8-14(15)18/h3-10H,2H2,1H3,(H2,23,24,26)/b22-10-. The number of rotatable bonds is 5. The Hall–Kier alpha value is -2.32. The van der Waals surface area contributed by atoms with E-state index in [-0.39, 0.29) is 15.8 Å². The van der Waals surface area contributed by atoms with Crippen molar-refractivity contribution in [3.8, 4) is 5.75 Å². The van der Waals surface area contributed by atoms with Crippen molar-refractivity contribution >= 4 is 40.8 Å². The maximum absolute atomic E-state index is 12.8. The Morgan fingerprint density at radius 2 is 1.92 bits per heavy atom. The molecule has 0 spiro atoms. The predicted octanol–water partition coefficient (Wildman–Crippen LogP) is 5.08. The Kier molecular flexibility index (Phi) is 6.82. The highest BCUT2D eigenvalue weighted by molar-refractivity contribution is 7.80. The van der Waals surface area contributed by atoms with Crippen molar-refractivity contribution in [3.63, 3.8) is 0 Å². The largest absolute Gasteiger partial charge is 0.494 e. The van der Waals surface area contributed by atoms with Crippen molar-refractivity contribution in [2.45, 2.75) is 13.1 Å². The molecule has 0 heterocycles. The molecule has 0 unspecified atom stereocenters. The molecule has 138 valence electrons. The molecular weight excluding hydrogens is 387 g/mol. The smallest absolute Gasteiger partial charge is 0.416 e. The summed E-state index contributed by atoms with van der Waals surface area (Å²) < 4.78 is 43.6. The normalized spacial score (nSPS) is 11.4. The van der Waals surface area contributed by atoms with Crippen LogP contribution in [0, 0.1) is 0 Å². The van der Waals surface area contributed by atoms with E-state index in [0.29, 0.717) is 6.61 Å². The van der Waals surface area contributed by atoms with Gasteiger partial charge in [-0.15, -0.1) is 0 Å². The molecule has 2 N–H and O–H groups in total. The van der Waals surface area contributed by atoms with Gasteiger partial charge < -0.3 is 10.1 Å². The fourth-order valence-electron chi connectivity index (χ4n) is 1.93. The van der Waals surface area contributed by atoms with Gasteiger partial charge in [0.15, 0.2) is 5.11 Å². The first-order chi connectivity index (χ1) is 12.3. The summed E-state index contributed by atoms with van der Waals surface area (Å²) in [5, 5.41) is 6.64. The van der Waals surface area contributed by atoms with Crippen LogP contribution in [-0.2, 0) is 6.18 Å². The Balaban J connectivity index is 1.96. The molecule has 0 aromatic heterocycles. The molecule has 26 heavy (non-hydrogen) atoms. The maximum atomic E-state index is 12.8. The van der Waals surface area contributed by atoms with Gasteiger partial charge in [0.1, 0.15) is 5.75 Å². The molecule has 4 nitrogen and oxygen atoms in total. The van der Waals surface area contributed by atoms with Crippen molar-refractivity contribution in [2.75, 3.05) is 11.9 Å². The first-order valence-corrected chi connectivity index (χ1v) is 8.28. The van der Waals surface area contributed by atoms with Crippen LogP contribution in [0.4, 0.5) is 18.9 Å². The number of hydrogen-bond donors (Lipinski definition) is 2. The average Bonchev–Trinajstić information content (AvgIpc) is 2.58. The Morgan fingerprint density at radius 3 is 2.54 bits per heavy atom. The first-order valence-electron chi connectivity index (χ1n) is 7.49. The van der Waals surface area contributed by atoms with E-state index in [1.807, 2.05) is 6.92 Å². The summed E-state index contributed by atoms with van der Waals surface area (Å²) in [4.78, 5) is 0. The van der Waals surface area contributed by atoms with Crippen LogP contribution in [0.5, 0.6) is 5.75 Å². The van der Waals surface area contributed by atoms with Gasteiger partial charge in [-0.1, -0.05) is 11.6 Å². The van der Waals surface area contributed by atoms with Gasteiger partial charge in [-0.2, -0.15) is 18.3 Å². The number of halogens is 4. The quantitative estimate of drug-likeness (QED) is 0.417. The van der Waals surface area contributed by atoms with E-state index in [4.69, 9.17) is 28.6 Å². The summed E-state index contributed by atoms with van der Waals surface area (Å²) in [5.74, 6) is 0.744. The van der Waals surface area contributed by atoms with Crippen LogP contribution >= 0.6 is 23.8 Å². The van der Waals surface area contributed by atoms with Crippen molar-refractivity contribution in [3.05, 3.63) is 58.6 Å². The first kappa shape index (κ1) is 20.0. The number of hydrogen-bond acceptors (Lipinski definition) is 3. The van der Waals surface area contributed by atoms with Crippen LogP contribution in [-0.4, -0.2) is 17.9 Å². The maximum Gasteiger partial charge on any atom is 0.416 e. The van der Waals surface area contributed by atoms with Crippen LogP contribution in [0.1, 0.15) is 18.1 Å². The molecule has 0 aliphatic carbocycles. The summed E-state index contributed by atoms with van der Waals surface area (Å²) in [6.07, 6.45) is -2.96. The van der Waals surface area contributed by atoms with E-state index < -0.39 is 11.7 Å². The molecular formula is C17H15ClF3N3OS. The lowest BCUT2D eigenvalue weighted by atomic mass is 10.2. The third kappa shape index (κ3) is 5.89. The highest BCUT2D eigenvalue weighted by Crippen LogP contribution is 2.33. The molecule has 0 saturated heterocycles. The molecule has 0 atom stereocenters. The fraction of sp³-hybridized carbons (Fsp3) is 0.176. The van der Waals surface area contributed by atoms with Gasteiger partial charge in [-0.05, 0) is 67.2 Å². The summed E-state index contributed by atoms with van der Waals surface area (Å²) in [6.45, 7) is 2.47. The predicted molar refractivity (Wildman–Crippen MR) is 101 cm³/mol. The van der Waals surface area contributed by atoms with Gasteiger partial charge in [0.2, 0.25) is 0 Å². The van der Waals surface area contributed by atoms with Gasteiger partial charge in [0.25, 0.3) is 0 Å². The van der Waals surface area contributed by atoms with Crippen LogP contribution in [0.3, 0.4) is 0 Å². The minimum Gasteiger partial charge on any atom is -0.494 e. The van der Waals surface area contributed by atoms with Crippen molar-refractivity contribution in [1.29, 1.82) is 0 Å². The Morgan fingerprint density at radius 1 is 1.23 bits per heavy atom. The van der Waals surface area contributed by atoms with E-state index in [1.54, 1.807) is 24.3 Å². The second-order valence-electron chi connectivity index (χ2n) is 5.02. The molecule has 0 saturated carbocycles. The van der Waals surface area contributed by atoms with Crippen molar-refractivity contribution < 1.29 is 17.9 Å². The van der Waals surface area contributed by atoms with E-state index in [0.717, 1.165) is 29.5 Å². The molecule has 0 aliphatic rings. The molecule has 2 rings (SSSR count). The molecule has 0 amide bonds. The minimum absolute atomic E-state index is 0.00779. The zero-order valence-electron chi connectivity index (χ0n) is 13.6. The molecule has 0 aliphatic heterocycles. The average molecular weight is 402 g/mol. The number of alkyl halides is 3. The minimum atomic E-state index is -4.47. The lowest BCUT2D eigenvalue weighted by molar-refractivity contribution is -0.137. The summed E-state index contributed by atoms with van der Waals surface area (Å²) in [6, 6.07) is 10.1. The van der Waals surface area contributed by atoms with Crippen LogP contribution in [0.2, 0.25) is 5.02 Å². The number of nitrogens with one attached hydrogen (secondary N) is 2. The van der Waals surface area contributed by atoms with Crippen molar-refractivity contribution in [2.24, 2.45) is 5.10 Å². The highest BCUT2D eigenvalue weighted by Gasteiger charge is 2.31. The molecule has 0 radical (unpaired) electrons. The van der Waals surface area contributed by atoms with E-state index in [1.165, 1.54) is 6.21 Å². The zero-order chi connectivity index (χ0) is 19.2. The summed E-state index contributed by atoms with van der Waals surface area (Å²) in [7, 11) is 0. The molecule has 0 bridgehead atoms.